The van der Waals surface area contributed by atoms with E-state index in [0.29, 0.717) is 6.54 Å². The minimum absolute atomic E-state index is 0.0589. The zero-order chi connectivity index (χ0) is 21.5. The van der Waals surface area contributed by atoms with Crippen molar-refractivity contribution in [2.45, 2.75) is 6.42 Å². The van der Waals surface area contributed by atoms with E-state index in [2.05, 4.69) is 32.8 Å². The van der Waals surface area contributed by atoms with Crippen molar-refractivity contribution in [2.75, 3.05) is 37.6 Å². The van der Waals surface area contributed by atoms with Gasteiger partial charge in [0.05, 0.1) is 15.5 Å². The summed E-state index contributed by atoms with van der Waals surface area (Å²) in [4.78, 5) is 39.0. The zero-order valence-electron chi connectivity index (χ0n) is 16.2. The molecule has 0 bridgehead atoms. The number of carbonyl (C=O) groups excluding carboxylic acids is 2. The highest BCUT2D eigenvalue weighted by Gasteiger charge is 2.19. The number of amides is 2. The third-order valence-electron chi connectivity index (χ3n) is 4.87. The highest BCUT2D eigenvalue weighted by molar-refractivity contribution is 6.34. The first-order valence-electron chi connectivity index (χ1n) is 9.49. The lowest BCUT2D eigenvalue weighted by Gasteiger charge is -2.36. The Balaban J connectivity index is 1.41. The average Bonchev–Trinajstić information content (AvgIpc) is 2.77. The summed E-state index contributed by atoms with van der Waals surface area (Å²) in [5.74, 6) is -1.07. The van der Waals surface area contributed by atoms with Crippen molar-refractivity contribution < 1.29 is 14.5 Å². The van der Waals surface area contributed by atoms with E-state index in [4.69, 9.17) is 11.6 Å². The van der Waals surface area contributed by atoms with Crippen LogP contribution in [-0.4, -0.2) is 54.4 Å². The number of hydrazine groups is 1. The third-order valence-corrected chi connectivity index (χ3v) is 5.20. The summed E-state index contributed by atoms with van der Waals surface area (Å²) in [7, 11) is 0. The summed E-state index contributed by atoms with van der Waals surface area (Å²) in [6.07, 6.45) is 0.217. The average molecular weight is 432 g/mol. The van der Waals surface area contributed by atoms with Crippen LogP contribution in [0.1, 0.15) is 16.8 Å². The summed E-state index contributed by atoms with van der Waals surface area (Å²) in [6.45, 7) is 4.03. The highest BCUT2D eigenvalue weighted by Crippen LogP contribution is 2.21. The molecule has 0 aliphatic carbocycles. The first kappa shape index (κ1) is 21.5. The number of halogens is 1. The molecule has 9 nitrogen and oxygen atoms in total. The van der Waals surface area contributed by atoms with E-state index in [9.17, 15) is 19.7 Å². The first-order valence-corrected chi connectivity index (χ1v) is 9.87. The van der Waals surface area contributed by atoms with Crippen LogP contribution in [-0.2, 0) is 4.79 Å². The second kappa shape index (κ2) is 10.0. The number of nitro benzene ring substituents is 1. The van der Waals surface area contributed by atoms with E-state index >= 15 is 0 Å². The summed E-state index contributed by atoms with van der Waals surface area (Å²) in [6, 6.07) is 13.7. The maximum Gasteiger partial charge on any atom is 0.271 e. The molecule has 1 fully saturated rings. The van der Waals surface area contributed by atoms with Gasteiger partial charge in [0.1, 0.15) is 0 Å². The van der Waals surface area contributed by atoms with Crippen LogP contribution < -0.4 is 15.8 Å². The summed E-state index contributed by atoms with van der Waals surface area (Å²) < 4.78 is 0. The van der Waals surface area contributed by atoms with Crippen LogP contribution in [0.4, 0.5) is 11.4 Å². The van der Waals surface area contributed by atoms with Gasteiger partial charge in [-0.25, -0.2) is 0 Å². The Hall–Kier alpha value is -3.17. The number of anilines is 1. The second-order valence-corrected chi connectivity index (χ2v) is 7.24. The molecule has 3 rings (SSSR count). The largest absolute Gasteiger partial charge is 0.369 e. The Morgan fingerprint density at radius 1 is 1.03 bits per heavy atom. The summed E-state index contributed by atoms with van der Waals surface area (Å²) >= 11 is 5.92. The van der Waals surface area contributed by atoms with Crippen molar-refractivity contribution in [1.29, 1.82) is 0 Å². The van der Waals surface area contributed by atoms with Crippen LogP contribution in [0.5, 0.6) is 0 Å². The van der Waals surface area contributed by atoms with Crippen LogP contribution >= 0.6 is 11.6 Å². The van der Waals surface area contributed by atoms with E-state index in [1.54, 1.807) is 0 Å². The molecule has 1 heterocycles. The van der Waals surface area contributed by atoms with Gasteiger partial charge in [0.15, 0.2) is 0 Å². The highest BCUT2D eigenvalue weighted by atomic mass is 35.5. The van der Waals surface area contributed by atoms with E-state index in [-0.39, 0.29) is 28.6 Å². The molecule has 2 amide bonds. The molecule has 1 saturated heterocycles. The molecule has 10 heteroatoms. The molecule has 0 radical (unpaired) electrons. The van der Waals surface area contributed by atoms with Crippen molar-refractivity contribution in [2.24, 2.45) is 0 Å². The van der Waals surface area contributed by atoms with Crippen LogP contribution in [0, 0.1) is 10.1 Å². The van der Waals surface area contributed by atoms with Crippen molar-refractivity contribution in [1.82, 2.24) is 15.8 Å². The number of carbonyl (C=O) groups is 2. The van der Waals surface area contributed by atoms with Crippen LogP contribution in [0.25, 0.3) is 0 Å². The minimum atomic E-state index is -0.714. The van der Waals surface area contributed by atoms with E-state index in [0.717, 1.165) is 32.2 Å². The number of hydrogen-bond acceptors (Lipinski definition) is 6. The molecule has 1 aliphatic rings. The molecule has 0 unspecified atom stereocenters. The van der Waals surface area contributed by atoms with Gasteiger partial charge in [-0.3, -0.25) is 35.5 Å². The van der Waals surface area contributed by atoms with Gasteiger partial charge in [-0.05, 0) is 18.2 Å². The van der Waals surface area contributed by atoms with Crippen LogP contribution in [0.2, 0.25) is 5.02 Å². The second-order valence-electron chi connectivity index (χ2n) is 6.84. The number of nitrogens with one attached hydrogen (secondary N) is 2. The van der Waals surface area contributed by atoms with Gasteiger partial charge >= 0.3 is 0 Å². The number of nitro groups is 1. The van der Waals surface area contributed by atoms with Crippen molar-refractivity contribution in [3.05, 3.63) is 69.2 Å². The van der Waals surface area contributed by atoms with Crippen molar-refractivity contribution in [3.63, 3.8) is 0 Å². The molecule has 30 heavy (non-hydrogen) atoms. The summed E-state index contributed by atoms with van der Waals surface area (Å²) in [5, 5.41) is 10.9. The number of nitrogens with zero attached hydrogens (tertiary/aromatic N) is 3. The quantitative estimate of drug-likeness (QED) is 0.536. The normalized spacial score (nSPS) is 14.2. The topological polar surface area (TPSA) is 108 Å². The standard InChI is InChI=1S/C20H22ClN5O4/c21-18-7-6-16(26(29)30)14-17(18)20(28)23-22-19(27)8-9-24-10-12-25(13-11-24)15-4-2-1-3-5-15/h1-7,14H,8-13H2,(H,22,27)(H,23,28). The van der Waals surface area contributed by atoms with Gasteiger partial charge in [-0.2, -0.15) is 0 Å². The molecule has 2 aromatic carbocycles. The number of rotatable bonds is 6. The number of piperazine rings is 1. The number of para-hydroxylation sites is 1. The Labute approximate surface area is 178 Å². The van der Waals surface area contributed by atoms with Gasteiger partial charge in [-0.1, -0.05) is 29.8 Å². The Morgan fingerprint density at radius 2 is 1.73 bits per heavy atom. The van der Waals surface area contributed by atoms with Crippen molar-refractivity contribution in [3.8, 4) is 0 Å². The Kier molecular flexibility index (Phi) is 7.21. The molecular weight excluding hydrogens is 410 g/mol. The molecule has 0 saturated carbocycles. The lowest BCUT2D eigenvalue weighted by Crippen LogP contribution is -2.48. The number of non-ortho nitro benzene ring substituents is 1. The first-order chi connectivity index (χ1) is 14.4. The number of benzene rings is 2. The van der Waals surface area contributed by atoms with Crippen molar-refractivity contribution >= 4 is 34.8 Å². The van der Waals surface area contributed by atoms with E-state index < -0.39 is 10.8 Å². The minimum Gasteiger partial charge on any atom is -0.369 e. The fourth-order valence-corrected chi connectivity index (χ4v) is 3.39. The molecule has 1 aliphatic heterocycles. The molecule has 2 aromatic rings. The SMILES string of the molecule is O=C(CCN1CCN(c2ccccc2)CC1)NNC(=O)c1cc([N+](=O)[O-])ccc1Cl. The molecule has 0 spiro atoms. The van der Waals surface area contributed by atoms with Gasteiger partial charge in [0.2, 0.25) is 5.91 Å². The lowest BCUT2D eigenvalue weighted by molar-refractivity contribution is -0.384. The lowest BCUT2D eigenvalue weighted by atomic mass is 10.2. The fourth-order valence-electron chi connectivity index (χ4n) is 3.19. The summed E-state index contributed by atoms with van der Waals surface area (Å²) in [5.41, 5.74) is 5.43. The Morgan fingerprint density at radius 3 is 2.40 bits per heavy atom. The monoisotopic (exact) mass is 431 g/mol. The number of hydrogen-bond donors (Lipinski definition) is 2. The van der Waals surface area contributed by atoms with Crippen LogP contribution in [0.3, 0.4) is 0 Å². The Bertz CT molecular complexity index is 917. The van der Waals surface area contributed by atoms with Gasteiger partial charge in [0, 0.05) is 57.0 Å². The third kappa shape index (κ3) is 5.68. The van der Waals surface area contributed by atoms with E-state index in [1.165, 1.54) is 17.8 Å². The predicted octanol–water partition coefficient (Wildman–Crippen LogP) is 2.22. The molecule has 158 valence electrons. The molecule has 0 aromatic heterocycles. The zero-order valence-corrected chi connectivity index (χ0v) is 17.0. The maximum atomic E-state index is 12.2. The smallest absolute Gasteiger partial charge is 0.271 e. The predicted molar refractivity (Wildman–Crippen MR) is 113 cm³/mol. The molecule has 0 atom stereocenters. The van der Waals surface area contributed by atoms with Crippen LogP contribution in [0.15, 0.2) is 48.5 Å². The molecule has 2 N–H and O–H groups in total. The van der Waals surface area contributed by atoms with E-state index in [1.807, 2.05) is 18.2 Å². The fraction of sp³-hybridized carbons (Fsp3) is 0.300. The van der Waals surface area contributed by atoms with Gasteiger partial charge in [-0.15, -0.1) is 0 Å². The van der Waals surface area contributed by atoms with Gasteiger partial charge in [0.25, 0.3) is 11.6 Å². The maximum absolute atomic E-state index is 12.2. The molecular formula is C20H22ClN5O4. The van der Waals surface area contributed by atoms with Gasteiger partial charge < -0.3 is 4.90 Å².